The number of aromatic nitrogens is 1. The zero-order valence-corrected chi connectivity index (χ0v) is 18.1. The van der Waals surface area contributed by atoms with E-state index < -0.39 is 0 Å². The van der Waals surface area contributed by atoms with E-state index in [1.807, 2.05) is 18.3 Å². The second kappa shape index (κ2) is 10.2. The van der Waals surface area contributed by atoms with Gasteiger partial charge in [0.15, 0.2) is 0 Å². The highest BCUT2D eigenvalue weighted by Gasteiger charge is 2.31. The predicted octanol–water partition coefficient (Wildman–Crippen LogP) is 3.38. The number of likely N-dealkylation sites (tertiary alicyclic amines) is 2. The molecule has 2 aliphatic rings. The molecule has 2 fully saturated rings. The van der Waals surface area contributed by atoms with Crippen molar-refractivity contribution >= 4 is 5.91 Å². The fourth-order valence-electron chi connectivity index (χ4n) is 4.78. The largest absolute Gasteiger partial charge is 0.352 e. The number of aryl methyl sites for hydroxylation is 1. The summed E-state index contributed by atoms with van der Waals surface area (Å²) in [6, 6.07) is 13.4. The summed E-state index contributed by atoms with van der Waals surface area (Å²) < 4.78 is 0. The molecule has 5 heteroatoms. The quantitative estimate of drug-likeness (QED) is 0.799. The molecule has 30 heavy (non-hydrogen) atoms. The Bertz CT molecular complexity index is 800. The van der Waals surface area contributed by atoms with E-state index in [1.54, 1.807) is 6.20 Å². The van der Waals surface area contributed by atoms with Gasteiger partial charge in [0.1, 0.15) is 0 Å². The van der Waals surface area contributed by atoms with Crippen molar-refractivity contribution in [2.45, 2.75) is 51.7 Å². The standard InChI is InChI=1S/C25H34N4O/c1-20-6-8-21(9-7-20)18-28-14-10-24(11-15-28)29-13-3-5-23(19-29)25(30)27-17-22-4-2-12-26-16-22/h2,4,6-9,12,16,23-24H,3,5,10-11,13-15,17-19H2,1H3,(H,27,30)/t23-/m1/s1. The maximum atomic E-state index is 12.7. The fourth-order valence-corrected chi connectivity index (χ4v) is 4.78. The van der Waals surface area contributed by atoms with Crippen LogP contribution in [-0.2, 0) is 17.9 Å². The average Bonchev–Trinajstić information content (AvgIpc) is 2.80. The molecular weight excluding hydrogens is 372 g/mol. The zero-order valence-electron chi connectivity index (χ0n) is 18.1. The van der Waals surface area contributed by atoms with Gasteiger partial charge >= 0.3 is 0 Å². The summed E-state index contributed by atoms with van der Waals surface area (Å²) in [5, 5.41) is 3.12. The average molecular weight is 407 g/mol. The van der Waals surface area contributed by atoms with Crippen LogP contribution in [0.3, 0.4) is 0 Å². The number of nitrogens with one attached hydrogen (secondary N) is 1. The normalized spacial score (nSPS) is 21.4. The highest BCUT2D eigenvalue weighted by atomic mass is 16.1. The lowest BCUT2D eigenvalue weighted by Crippen LogP contribution is -2.50. The van der Waals surface area contributed by atoms with E-state index in [2.05, 4.69) is 51.3 Å². The Kier molecular flexibility index (Phi) is 7.13. The van der Waals surface area contributed by atoms with Gasteiger partial charge < -0.3 is 5.32 Å². The highest BCUT2D eigenvalue weighted by molar-refractivity contribution is 5.78. The van der Waals surface area contributed by atoms with Crippen molar-refractivity contribution in [1.29, 1.82) is 0 Å². The van der Waals surface area contributed by atoms with Crippen molar-refractivity contribution in [3.63, 3.8) is 0 Å². The lowest BCUT2D eigenvalue weighted by atomic mass is 9.93. The van der Waals surface area contributed by atoms with E-state index in [1.165, 1.54) is 24.0 Å². The summed E-state index contributed by atoms with van der Waals surface area (Å²) in [5.74, 6) is 0.307. The molecule has 0 unspecified atom stereocenters. The lowest BCUT2D eigenvalue weighted by Gasteiger charge is -2.42. The molecule has 1 amide bonds. The number of rotatable bonds is 6. The van der Waals surface area contributed by atoms with Crippen LogP contribution in [0.25, 0.3) is 0 Å². The Labute approximate surface area is 180 Å². The second-order valence-corrected chi connectivity index (χ2v) is 8.91. The van der Waals surface area contributed by atoms with Gasteiger partial charge in [0.05, 0.1) is 5.92 Å². The number of hydrogen-bond acceptors (Lipinski definition) is 4. The molecule has 5 nitrogen and oxygen atoms in total. The number of carbonyl (C=O) groups excluding carboxylic acids is 1. The topological polar surface area (TPSA) is 48.5 Å². The molecule has 0 radical (unpaired) electrons. The van der Waals surface area contributed by atoms with E-state index in [4.69, 9.17) is 0 Å². The smallest absolute Gasteiger partial charge is 0.224 e. The van der Waals surface area contributed by atoms with Crippen LogP contribution in [0.15, 0.2) is 48.8 Å². The van der Waals surface area contributed by atoms with Crippen LogP contribution in [0.4, 0.5) is 0 Å². The molecule has 1 atom stereocenters. The van der Waals surface area contributed by atoms with Gasteiger partial charge in [-0.25, -0.2) is 0 Å². The molecule has 160 valence electrons. The molecule has 1 aromatic heterocycles. The molecule has 0 spiro atoms. The molecule has 2 saturated heterocycles. The summed E-state index contributed by atoms with van der Waals surface area (Å²) in [6.45, 7) is 8.09. The first kappa shape index (κ1) is 21.0. The molecular formula is C25H34N4O. The van der Waals surface area contributed by atoms with Crippen LogP contribution in [-0.4, -0.2) is 52.9 Å². The molecule has 0 aliphatic carbocycles. The van der Waals surface area contributed by atoms with Gasteiger partial charge in [-0.15, -0.1) is 0 Å². The molecule has 2 aliphatic heterocycles. The molecule has 0 bridgehead atoms. The maximum absolute atomic E-state index is 12.7. The number of benzene rings is 1. The van der Waals surface area contributed by atoms with Gasteiger partial charge in [-0.05, 0) is 69.4 Å². The third kappa shape index (κ3) is 5.67. The minimum absolute atomic E-state index is 0.112. The SMILES string of the molecule is Cc1ccc(CN2CCC(N3CCC[C@@H](C(=O)NCc4cccnc4)C3)CC2)cc1. The third-order valence-corrected chi connectivity index (χ3v) is 6.61. The van der Waals surface area contributed by atoms with E-state index in [0.29, 0.717) is 12.6 Å². The van der Waals surface area contributed by atoms with Crippen molar-refractivity contribution in [3.8, 4) is 0 Å². The summed E-state index contributed by atoms with van der Waals surface area (Å²) in [6.07, 6.45) is 8.11. The first-order chi connectivity index (χ1) is 14.7. The van der Waals surface area contributed by atoms with Gasteiger partial charge in [-0.1, -0.05) is 35.9 Å². The summed E-state index contributed by atoms with van der Waals surface area (Å²) in [4.78, 5) is 22.0. The van der Waals surface area contributed by atoms with Crippen LogP contribution in [0.2, 0.25) is 0 Å². The second-order valence-electron chi connectivity index (χ2n) is 8.91. The van der Waals surface area contributed by atoms with Crippen LogP contribution in [0, 0.1) is 12.8 Å². The minimum atomic E-state index is 0.112. The van der Waals surface area contributed by atoms with Gasteiger partial charge in [0.25, 0.3) is 0 Å². The van der Waals surface area contributed by atoms with Crippen molar-refractivity contribution in [1.82, 2.24) is 20.1 Å². The Morgan fingerprint density at radius 2 is 1.87 bits per heavy atom. The van der Waals surface area contributed by atoms with Gasteiger partial charge in [0.2, 0.25) is 5.91 Å². The van der Waals surface area contributed by atoms with Crippen molar-refractivity contribution in [2.75, 3.05) is 26.2 Å². The third-order valence-electron chi connectivity index (χ3n) is 6.61. The molecule has 3 heterocycles. The monoisotopic (exact) mass is 406 g/mol. The van der Waals surface area contributed by atoms with Crippen LogP contribution < -0.4 is 5.32 Å². The first-order valence-electron chi connectivity index (χ1n) is 11.4. The number of hydrogen-bond donors (Lipinski definition) is 1. The maximum Gasteiger partial charge on any atom is 0.224 e. The van der Waals surface area contributed by atoms with Crippen molar-refractivity contribution < 1.29 is 4.79 Å². The van der Waals surface area contributed by atoms with Crippen LogP contribution in [0.1, 0.15) is 42.4 Å². The van der Waals surface area contributed by atoms with Crippen LogP contribution >= 0.6 is 0 Å². The molecule has 2 aromatic rings. The Morgan fingerprint density at radius 1 is 1.07 bits per heavy atom. The number of amides is 1. The molecule has 1 N–H and O–H groups in total. The number of carbonyl (C=O) groups is 1. The van der Waals surface area contributed by atoms with Crippen LogP contribution in [0.5, 0.6) is 0 Å². The van der Waals surface area contributed by atoms with E-state index in [0.717, 1.165) is 51.1 Å². The van der Waals surface area contributed by atoms with E-state index >= 15 is 0 Å². The molecule has 1 aromatic carbocycles. The van der Waals surface area contributed by atoms with Crippen molar-refractivity contribution in [2.24, 2.45) is 5.92 Å². The summed E-state index contributed by atoms with van der Waals surface area (Å²) in [5.41, 5.74) is 3.78. The highest BCUT2D eigenvalue weighted by Crippen LogP contribution is 2.25. The Hall–Kier alpha value is -2.24. The summed E-state index contributed by atoms with van der Waals surface area (Å²) >= 11 is 0. The van der Waals surface area contributed by atoms with Gasteiger partial charge in [0, 0.05) is 38.1 Å². The predicted molar refractivity (Wildman–Crippen MR) is 120 cm³/mol. The first-order valence-corrected chi connectivity index (χ1v) is 11.4. The Balaban J connectivity index is 1.23. The van der Waals surface area contributed by atoms with Crippen molar-refractivity contribution in [3.05, 3.63) is 65.5 Å². The number of pyridine rings is 1. The van der Waals surface area contributed by atoms with Gasteiger partial charge in [-0.3, -0.25) is 19.6 Å². The number of nitrogens with zero attached hydrogens (tertiary/aromatic N) is 3. The molecule has 0 saturated carbocycles. The minimum Gasteiger partial charge on any atom is -0.352 e. The van der Waals surface area contributed by atoms with Gasteiger partial charge in [-0.2, -0.15) is 0 Å². The summed E-state index contributed by atoms with van der Waals surface area (Å²) in [7, 11) is 0. The number of piperidine rings is 2. The molecule has 4 rings (SSSR count). The lowest BCUT2D eigenvalue weighted by molar-refractivity contribution is -0.127. The fraction of sp³-hybridized carbons (Fsp3) is 0.520. The Morgan fingerprint density at radius 3 is 2.60 bits per heavy atom. The van der Waals surface area contributed by atoms with E-state index in [-0.39, 0.29) is 11.8 Å². The van der Waals surface area contributed by atoms with E-state index in [9.17, 15) is 4.79 Å². The zero-order chi connectivity index (χ0) is 20.8.